The van der Waals surface area contributed by atoms with E-state index in [0.717, 1.165) is 4.90 Å². The molecule has 2 aromatic carbocycles. The van der Waals surface area contributed by atoms with Gasteiger partial charge in [-0.2, -0.15) is 0 Å². The van der Waals surface area contributed by atoms with Crippen molar-refractivity contribution in [3.63, 3.8) is 0 Å². The molecule has 0 saturated heterocycles. The number of hydrogen-bond acceptors (Lipinski definition) is 5. The van der Waals surface area contributed by atoms with E-state index in [0.29, 0.717) is 17.3 Å². The molecule has 0 spiro atoms. The zero-order valence-electron chi connectivity index (χ0n) is 13.1. The molecule has 25 heavy (non-hydrogen) atoms. The van der Waals surface area contributed by atoms with Gasteiger partial charge in [-0.05, 0) is 36.4 Å². The number of ether oxygens (including phenoxy) is 1. The number of rotatable bonds is 6. The van der Waals surface area contributed by atoms with Gasteiger partial charge in [0.1, 0.15) is 11.6 Å². The highest BCUT2D eigenvalue weighted by Gasteiger charge is 2.06. The van der Waals surface area contributed by atoms with Crippen LogP contribution in [-0.2, 0) is 4.79 Å². The molecule has 1 aromatic heterocycles. The molecule has 0 unspecified atom stereocenters. The molecule has 0 aliphatic carbocycles. The quantitative estimate of drug-likeness (QED) is 0.673. The van der Waals surface area contributed by atoms with Gasteiger partial charge in [-0.3, -0.25) is 9.78 Å². The minimum atomic E-state index is -0.297. The lowest BCUT2D eigenvalue weighted by Gasteiger charge is -2.08. The van der Waals surface area contributed by atoms with Crippen molar-refractivity contribution < 1.29 is 13.9 Å². The van der Waals surface area contributed by atoms with Gasteiger partial charge in [-0.15, -0.1) is 11.8 Å². The first-order valence-electron chi connectivity index (χ1n) is 7.41. The summed E-state index contributed by atoms with van der Waals surface area (Å²) >= 11 is 1.34. The molecular formula is C18H14FN3O2S. The molecule has 1 N–H and O–H groups in total. The first-order valence-corrected chi connectivity index (χ1v) is 8.40. The fourth-order valence-electron chi connectivity index (χ4n) is 1.97. The molecule has 3 rings (SSSR count). The minimum absolute atomic E-state index is 0.161. The molecular weight excluding hydrogens is 341 g/mol. The predicted octanol–water partition coefficient (Wildman–Crippen LogP) is 4.14. The van der Waals surface area contributed by atoms with Crippen molar-refractivity contribution in [2.45, 2.75) is 4.90 Å². The molecule has 0 fully saturated rings. The number of nitrogens with zero attached hydrogens (tertiary/aromatic N) is 2. The maximum atomic E-state index is 12.9. The number of halogens is 1. The third kappa shape index (κ3) is 5.29. The van der Waals surface area contributed by atoms with Crippen molar-refractivity contribution in [1.82, 2.24) is 9.97 Å². The van der Waals surface area contributed by atoms with Gasteiger partial charge < -0.3 is 10.1 Å². The fraction of sp³-hybridized carbons (Fsp3) is 0.0556. The van der Waals surface area contributed by atoms with Crippen LogP contribution >= 0.6 is 11.8 Å². The monoisotopic (exact) mass is 355 g/mol. The summed E-state index contributed by atoms with van der Waals surface area (Å²) in [6.45, 7) is 0. The Morgan fingerprint density at radius 2 is 2.00 bits per heavy atom. The zero-order valence-corrected chi connectivity index (χ0v) is 13.9. The third-order valence-corrected chi connectivity index (χ3v) is 4.08. The van der Waals surface area contributed by atoms with Gasteiger partial charge in [0.05, 0.1) is 11.9 Å². The van der Waals surface area contributed by atoms with Crippen LogP contribution in [0.3, 0.4) is 0 Å². The fourth-order valence-corrected chi connectivity index (χ4v) is 2.67. The standard InChI is InChI=1S/C18H14FN3O2S/c19-13-4-6-16(7-5-13)25-12-17(23)22-14-2-1-3-15(10-14)24-18-11-20-8-9-21-18/h1-11H,12H2,(H,22,23). The largest absolute Gasteiger partial charge is 0.437 e. The number of anilines is 1. The van der Waals surface area contributed by atoms with Gasteiger partial charge in [0.15, 0.2) is 0 Å². The number of thioether (sulfide) groups is 1. The van der Waals surface area contributed by atoms with E-state index >= 15 is 0 Å². The number of carbonyl (C=O) groups is 1. The van der Waals surface area contributed by atoms with Crippen molar-refractivity contribution in [2.24, 2.45) is 0 Å². The number of aromatic nitrogens is 2. The molecule has 126 valence electrons. The number of nitrogens with one attached hydrogen (secondary N) is 1. The van der Waals surface area contributed by atoms with Crippen LogP contribution in [0.4, 0.5) is 10.1 Å². The molecule has 1 heterocycles. The van der Waals surface area contributed by atoms with Crippen LogP contribution in [-0.4, -0.2) is 21.6 Å². The van der Waals surface area contributed by atoms with Gasteiger partial charge in [-0.25, -0.2) is 9.37 Å². The minimum Gasteiger partial charge on any atom is -0.437 e. The van der Waals surface area contributed by atoms with Gasteiger partial charge in [0, 0.05) is 29.0 Å². The van der Waals surface area contributed by atoms with Crippen molar-refractivity contribution >= 4 is 23.4 Å². The molecule has 0 atom stereocenters. The topological polar surface area (TPSA) is 64.1 Å². The van der Waals surface area contributed by atoms with E-state index < -0.39 is 0 Å². The van der Waals surface area contributed by atoms with Gasteiger partial charge in [0.2, 0.25) is 11.8 Å². The molecule has 1 amide bonds. The van der Waals surface area contributed by atoms with E-state index in [9.17, 15) is 9.18 Å². The van der Waals surface area contributed by atoms with E-state index in [1.807, 2.05) is 0 Å². The molecule has 0 aliphatic heterocycles. The maximum Gasteiger partial charge on any atom is 0.237 e. The van der Waals surface area contributed by atoms with Crippen LogP contribution in [0, 0.1) is 5.82 Å². The summed E-state index contributed by atoms with van der Waals surface area (Å²) in [6, 6.07) is 13.0. The second kappa shape index (κ2) is 8.25. The lowest BCUT2D eigenvalue weighted by molar-refractivity contribution is -0.113. The Morgan fingerprint density at radius 1 is 1.16 bits per heavy atom. The van der Waals surface area contributed by atoms with Crippen LogP contribution in [0.15, 0.2) is 72.0 Å². The molecule has 3 aromatic rings. The Bertz CT molecular complexity index is 844. The number of carbonyl (C=O) groups excluding carboxylic acids is 1. The SMILES string of the molecule is O=C(CSc1ccc(F)cc1)Nc1cccc(Oc2cnccn2)c1. The smallest absolute Gasteiger partial charge is 0.237 e. The third-order valence-electron chi connectivity index (χ3n) is 3.06. The van der Waals surface area contributed by atoms with Gasteiger partial charge >= 0.3 is 0 Å². The number of benzene rings is 2. The Morgan fingerprint density at radius 3 is 2.76 bits per heavy atom. The normalized spacial score (nSPS) is 10.3. The van der Waals surface area contributed by atoms with Gasteiger partial charge in [-0.1, -0.05) is 6.07 Å². The summed E-state index contributed by atoms with van der Waals surface area (Å²) in [5, 5.41) is 2.80. The number of hydrogen-bond donors (Lipinski definition) is 1. The van der Waals surface area contributed by atoms with Crippen molar-refractivity contribution in [1.29, 1.82) is 0 Å². The summed E-state index contributed by atoms with van der Waals surface area (Å²) in [6.07, 6.45) is 4.60. The Balaban J connectivity index is 1.56. The Kier molecular flexibility index (Phi) is 5.58. The van der Waals surface area contributed by atoms with Crippen LogP contribution in [0.1, 0.15) is 0 Å². The van der Waals surface area contributed by atoms with E-state index in [1.165, 1.54) is 36.3 Å². The van der Waals surface area contributed by atoms with Crippen molar-refractivity contribution in [3.8, 4) is 11.6 Å². The zero-order chi connectivity index (χ0) is 17.5. The predicted molar refractivity (Wildman–Crippen MR) is 94.3 cm³/mol. The van der Waals surface area contributed by atoms with E-state index in [1.54, 1.807) is 42.6 Å². The van der Waals surface area contributed by atoms with E-state index in [-0.39, 0.29) is 17.5 Å². The summed E-state index contributed by atoms with van der Waals surface area (Å²) in [4.78, 5) is 20.8. The summed E-state index contributed by atoms with van der Waals surface area (Å²) in [7, 11) is 0. The molecule has 7 heteroatoms. The summed E-state index contributed by atoms with van der Waals surface area (Å²) in [5.41, 5.74) is 0.617. The van der Waals surface area contributed by atoms with Crippen LogP contribution < -0.4 is 10.1 Å². The van der Waals surface area contributed by atoms with Crippen LogP contribution in [0.25, 0.3) is 0 Å². The van der Waals surface area contributed by atoms with Gasteiger partial charge in [0.25, 0.3) is 0 Å². The lowest BCUT2D eigenvalue weighted by Crippen LogP contribution is -2.13. The molecule has 0 radical (unpaired) electrons. The Hall–Kier alpha value is -2.93. The van der Waals surface area contributed by atoms with Crippen molar-refractivity contribution in [2.75, 3.05) is 11.1 Å². The van der Waals surface area contributed by atoms with Crippen LogP contribution in [0.2, 0.25) is 0 Å². The molecule has 5 nitrogen and oxygen atoms in total. The van der Waals surface area contributed by atoms with E-state index in [4.69, 9.17) is 4.74 Å². The second-order valence-corrected chi connectivity index (χ2v) is 6.01. The first-order chi connectivity index (χ1) is 12.2. The van der Waals surface area contributed by atoms with Crippen LogP contribution in [0.5, 0.6) is 11.6 Å². The highest BCUT2D eigenvalue weighted by molar-refractivity contribution is 8.00. The first kappa shape index (κ1) is 16.9. The molecule has 0 saturated carbocycles. The highest BCUT2D eigenvalue weighted by atomic mass is 32.2. The molecule has 0 bridgehead atoms. The maximum absolute atomic E-state index is 12.9. The average molecular weight is 355 g/mol. The highest BCUT2D eigenvalue weighted by Crippen LogP contribution is 2.23. The van der Waals surface area contributed by atoms with Crippen molar-refractivity contribution in [3.05, 3.63) is 72.9 Å². The lowest BCUT2D eigenvalue weighted by atomic mass is 10.3. The number of amides is 1. The summed E-state index contributed by atoms with van der Waals surface area (Å²) in [5.74, 6) is 0.683. The van der Waals surface area contributed by atoms with E-state index in [2.05, 4.69) is 15.3 Å². The Labute approximate surface area is 148 Å². The second-order valence-electron chi connectivity index (χ2n) is 4.96. The average Bonchev–Trinajstić information content (AvgIpc) is 2.62. The summed E-state index contributed by atoms with van der Waals surface area (Å²) < 4.78 is 18.4. The molecule has 0 aliphatic rings.